The highest BCUT2D eigenvalue weighted by Crippen LogP contribution is 2.13. The highest BCUT2D eigenvalue weighted by Gasteiger charge is 2.17. The molecule has 0 unspecified atom stereocenters. The van der Waals surface area contributed by atoms with E-state index in [4.69, 9.17) is 15.6 Å². The molecule has 0 aliphatic rings. The van der Waals surface area contributed by atoms with Crippen LogP contribution in [0.15, 0.2) is 24.3 Å². The van der Waals surface area contributed by atoms with Gasteiger partial charge in [-0.1, -0.05) is 17.3 Å². The number of hydrogen-bond acceptors (Lipinski definition) is 5. The Hall–Kier alpha value is -2.41. The van der Waals surface area contributed by atoms with E-state index < -0.39 is 5.97 Å². The van der Waals surface area contributed by atoms with Crippen LogP contribution in [0.5, 0.6) is 5.75 Å². The summed E-state index contributed by atoms with van der Waals surface area (Å²) in [6.07, 6.45) is 0. The summed E-state index contributed by atoms with van der Waals surface area (Å²) >= 11 is 0. The molecule has 3 N–H and O–H groups in total. The van der Waals surface area contributed by atoms with Gasteiger partial charge < -0.3 is 15.6 Å². The smallest absolute Gasteiger partial charge is 0.358 e. The maximum Gasteiger partial charge on any atom is 0.358 e. The van der Waals surface area contributed by atoms with Gasteiger partial charge in [0, 0.05) is 6.54 Å². The molecular formula is C12H14N4O3. The zero-order valence-corrected chi connectivity index (χ0v) is 10.4. The second kappa shape index (κ2) is 5.49. The Balaban J connectivity index is 2.25. The van der Waals surface area contributed by atoms with E-state index in [1.807, 2.05) is 24.3 Å². The highest BCUT2D eigenvalue weighted by atomic mass is 16.5. The summed E-state index contributed by atoms with van der Waals surface area (Å²) in [5, 5.41) is 16.4. The molecule has 0 fully saturated rings. The molecule has 100 valence electrons. The van der Waals surface area contributed by atoms with Crippen molar-refractivity contribution in [1.82, 2.24) is 15.0 Å². The van der Waals surface area contributed by atoms with Gasteiger partial charge in [-0.3, -0.25) is 0 Å². The molecule has 2 aromatic rings. The minimum absolute atomic E-state index is 0.0742. The number of carboxylic acid groups (broad SMARTS) is 1. The molecule has 1 aromatic carbocycles. The van der Waals surface area contributed by atoms with Gasteiger partial charge in [0.05, 0.1) is 19.3 Å². The molecule has 1 aromatic heterocycles. The average Bonchev–Trinajstić information content (AvgIpc) is 2.82. The van der Waals surface area contributed by atoms with Crippen molar-refractivity contribution in [3.8, 4) is 5.75 Å². The lowest BCUT2D eigenvalue weighted by Gasteiger charge is -2.06. The maximum absolute atomic E-state index is 10.9. The lowest BCUT2D eigenvalue weighted by molar-refractivity contribution is 0.0689. The fourth-order valence-corrected chi connectivity index (χ4v) is 1.73. The molecule has 7 heteroatoms. The van der Waals surface area contributed by atoms with Crippen LogP contribution in [0.2, 0.25) is 0 Å². The first-order valence-corrected chi connectivity index (χ1v) is 5.64. The van der Waals surface area contributed by atoms with E-state index in [2.05, 4.69) is 10.3 Å². The fraction of sp³-hybridized carbons (Fsp3) is 0.250. The molecule has 0 aliphatic heterocycles. The Labute approximate surface area is 109 Å². The Bertz CT molecular complexity index is 577. The molecule has 0 saturated heterocycles. The van der Waals surface area contributed by atoms with E-state index >= 15 is 0 Å². The molecule has 0 atom stereocenters. The number of carboxylic acids is 1. The van der Waals surface area contributed by atoms with Crippen molar-refractivity contribution in [2.24, 2.45) is 5.73 Å². The largest absolute Gasteiger partial charge is 0.497 e. The van der Waals surface area contributed by atoms with Gasteiger partial charge in [-0.15, -0.1) is 5.10 Å². The third-order valence-electron chi connectivity index (χ3n) is 2.72. The van der Waals surface area contributed by atoms with Crippen LogP contribution in [-0.2, 0) is 13.1 Å². The first kappa shape index (κ1) is 13.0. The molecule has 0 spiro atoms. The normalized spacial score (nSPS) is 10.4. The second-order valence-corrected chi connectivity index (χ2v) is 3.90. The standard InChI is InChI=1S/C12H14N4O3/c1-19-9-4-2-8(3-5-9)7-16-10(6-13)11(12(17)18)14-15-16/h2-5H,6-7,13H2,1H3,(H,17,18). The van der Waals surface area contributed by atoms with Crippen molar-refractivity contribution < 1.29 is 14.6 Å². The van der Waals surface area contributed by atoms with Gasteiger partial charge >= 0.3 is 5.97 Å². The first-order chi connectivity index (χ1) is 9.15. The average molecular weight is 262 g/mol. The van der Waals surface area contributed by atoms with Crippen molar-refractivity contribution in [2.75, 3.05) is 7.11 Å². The number of methoxy groups -OCH3 is 1. The molecule has 0 bridgehead atoms. The highest BCUT2D eigenvalue weighted by molar-refractivity contribution is 5.86. The lowest BCUT2D eigenvalue weighted by Crippen LogP contribution is -2.13. The van der Waals surface area contributed by atoms with Crippen LogP contribution in [0, 0.1) is 0 Å². The predicted octanol–water partition coefficient (Wildman–Crippen LogP) is 0.492. The molecule has 0 radical (unpaired) electrons. The van der Waals surface area contributed by atoms with E-state index in [1.165, 1.54) is 4.68 Å². The monoisotopic (exact) mass is 262 g/mol. The van der Waals surface area contributed by atoms with Gasteiger partial charge in [0.15, 0.2) is 5.69 Å². The van der Waals surface area contributed by atoms with E-state index in [9.17, 15) is 4.79 Å². The number of aromatic carboxylic acids is 1. The Kier molecular flexibility index (Phi) is 3.76. The van der Waals surface area contributed by atoms with Crippen LogP contribution in [-0.4, -0.2) is 33.2 Å². The van der Waals surface area contributed by atoms with Gasteiger partial charge in [0.25, 0.3) is 0 Å². The summed E-state index contributed by atoms with van der Waals surface area (Å²) in [7, 11) is 1.60. The summed E-state index contributed by atoms with van der Waals surface area (Å²) in [6, 6.07) is 7.40. The van der Waals surface area contributed by atoms with E-state index in [1.54, 1.807) is 7.11 Å². The molecule has 2 rings (SSSR count). The van der Waals surface area contributed by atoms with Gasteiger partial charge in [-0.25, -0.2) is 9.48 Å². The number of ether oxygens (including phenoxy) is 1. The maximum atomic E-state index is 10.9. The Morgan fingerprint density at radius 2 is 2.11 bits per heavy atom. The minimum Gasteiger partial charge on any atom is -0.497 e. The zero-order valence-electron chi connectivity index (χ0n) is 10.4. The molecular weight excluding hydrogens is 248 g/mol. The van der Waals surface area contributed by atoms with Crippen LogP contribution in [0.4, 0.5) is 0 Å². The van der Waals surface area contributed by atoms with Gasteiger partial charge in [-0.05, 0) is 17.7 Å². The number of aromatic nitrogens is 3. The molecule has 0 aliphatic carbocycles. The minimum atomic E-state index is -1.12. The molecule has 0 saturated carbocycles. The summed E-state index contributed by atoms with van der Waals surface area (Å²) in [4.78, 5) is 10.9. The van der Waals surface area contributed by atoms with E-state index in [0.717, 1.165) is 11.3 Å². The van der Waals surface area contributed by atoms with Crippen molar-refractivity contribution in [2.45, 2.75) is 13.1 Å². The molecule has 1 heterocycles. The zero-order chi connectivity index (χ0) is 13.8. The third kappa shape index (κ3) is 2.71. The van der Waals surface area contributed by atoms with Crippen molar-refractivity contribution in [3.05, 3.63) is 41.2 Å². The van der Waals surface area contributed by atoms with Crippen molar-refractivity contribution in [1.29, 1.82) is 0 Å². The first-order valence-electron chi connectivity index (χ1n) is 5.64. The Morgan fingerprint density at radius 3 is 2.63 bits per heavy atom. The summed E-state index contributed by atoms with van der Waals surface area (Å²) < 4.78 is 6.56. The fourth-order valence-electron chi connectivity index (χ4n) is 1.73. The topological polar surface area (TPSA) is 103 Å². The summed E-state index contributed by atoms with van der Waals surface area (Å²) in [6.45, 7) is 0.488. The van der Waals surface area contributed by atoms with Crippen LogP contribution in [0.1, 0.15) is 21.7 Å². The second-order valence-electron chi connectivity index (χ2n) is 3.90. The lowest BCUT2D eigenvalue weighted by atomic mass is 10.2. The van der Waals surface area contributed by atoms with Crippen LogP contribution < -0.4 is 10.5 Å². The molecule has 0 amide bonds. The van der Waals surface area contributed by atoms with Crippen molar-refractivity contribution >= 4 is 5.97 Å². The number of rotatable bonds is 5. The van der Waals surface area contributed by atoms with Crippen LogP contribution in [0.25, 0.3) is 0 Å². The number of benzene rings is 1. The number of hydrogen-bond donors (Lipinski definition) is 2. The van der Waals surface area contributed by atoms with E-state index in [-0.39, 0.29) is 12.2 Å². The third-order valence-corrected chi connectivity index (χ3v) is 2.72. The quantitative estimate of drug-likeness (QED) is 0.812. The Morgan fingerprint density at radius 1 is 1.42 bits per heavy atom. The van der Waals surface area contributed by atoms with Crippen molar-refractivity contribution in [3.63, 3.8) is 0 Å². The summed E-state index contributed by atoms with van der Waals surface area (Å²) in [5.41, 5.74) is 6.81. The van der Waals surface area contributed by atoms with E-state index in [0.29, 0.717) is 12.2 Å². The van der Waals surface area contributed by atoms with Crippen LogP contribution >= 0.6 is 0 Å². The van der Waals surface area contributed by atoms with Gasteiger partial charge in [-0.2, -0.15) is 0 Å². The van der Waals surface area contributed by atoms with Gasteiger partial charge in [0.1, 0.15) is 5.75 Å². The van der Waals surface area contributed by atoms with Crippen LogP contribution in [0.3, 0.4) is 0 Å². The summed E-state index contributed by atoms with van der Waals surface area (Å²) in [5.74, 6) is -0.367. The molecule has 19 heavy (non-hydrogen) atoms. The number of nitrogens with two attached hydrogens (primary N) is 1. The SMILES string of the molecule is COc1ccc(Cn2nnc(C(=O)O)c2CN)cc1. The molecule has 7 nitrogen and oxygen atoms in total. The van der Waals surface area contributed by atoms with Gasteiger partial charge in [0.2, 0.25) is 0 Å². The number of nitrogens with zero attached hydrogens (tertiary/aromatic N) is 3. The predicted molar refractivity (Wildman–Crippen MR) is 67.0 cm³/mol. The number of carbonyl (C=O) groups is 1.